The molecule has 0 unspecified atom stereocenters. The Kier molecular flexibility index (Phi) is 9.14. The van der Waals surface area contributed by atoms with Gasteiger partial charge in [-0.05, 0) is 67.8 Å². The molecule has 0 N–H and O–H groups in total. The van der Waals surface area contributed by atoms with Crippen molar-refractivity contribution >= 4 is 16.0 Å². The maximum atomic E-state index is 12.4. The van der Waals surface area contributed by atoms with Crippen LogP contribution in [0.1, 0.15) is 57.4 Å². The highest BCUT2D eigenvalue weighted by molar-refractivity contribution is 7.89. The van der Waals surface area contributed by atoms with Crippen LogP contribution in [-0.2, 0) is 21.2 Å². The molecule has 3 fully saturated rings. The number of hydrogen-bond acceptors (Lipinski definition) is 6. The van der Waals surface area contributed by atoms with Crippen molar-refractivity contribution in [2.45, 2.75) is 64.5 Å². The van der Waals surface area contributed by atoms with E-state index in [1.165, 1.54) is 16.3 Å². The molecule has 3 heterocycles. The average molecular weight is 533 g/mol. The van der Waals surface area contributed by atoms with E-state index in [-0.39, 0.29) is 19.0 Å². The average Bonchev–Trinajstić information content (AvgIpc) is 3.63. The Labute approximate surface area is 212 Å². The van der Waals surface area contributed by atoms with Crippen LogP contribution in [0.4, 0.5) is 19.1 Å². The van der Waals surface area contributed by atoms with Crippen molar-refractivity contribution in [1.82, 2.24) is 14.3 Å². The van der Waals surface area contributed by atoms with Gasteiger partial charge in [-0.1, -0.05) is 13.3 Å². The van der Waals surface area contributed by atoms with Crippen LogP contribution >= 0.6 is 0 Å². The number of aromatic nitrogens is 2. The van der Waals surface area contributed by atoms with Gasteiger partial charge >= 0.3 is 6.18 Å². The van der Waals surface area contributed by atoms with E-state index in [1.807, 2.05) is 12.4 Å². The summed E-state index contributed by atoms with van der Waals surface area (Å²) in [6.07, 6.45) is 5.06. The van der Waals surface area contributed by atoms with Crippen molar-refractivity contribution in [1.29, 1.82) is 0 Å². The highest BCUT2D eigenvalue weighted by Crippen LogP contribution is 2.48. The van der Waals surface area contributed by atoms with E-state index in [0.717, 1.165) is 63.2 Å². The van der Waals surface area contributed by atoms with E-state index in [4.69, 9.17) is 4.74 Å². The molecular formula is C25H39F3N4O3S. The maximum absolute atomic E-state index is 12.4. The van der Waals surface area contributed by atoms with Gasteiger partial charge < -0.3 is 9.64 Å². The molecule has 11 heteroatoms. The summed E-state index contributed by atoms with van der Waals surface area (Å²) in [5, 5.41) is 0. The standard InChI is InChI=1S/C25H39F3N4O3S/c1-2-3-20-15-29-24(30-16-20)31-9-6-21(7-10-31)23-14-22(23)18-35-17-19-4-11-32(12-5-19)36(33,34)13-8-25(26,27)28/h15-16,19,21-23H,2-14,17-18H2,1H3/t22-,23+/m0/s1. The topological polar surface area (TPSA) is 75.6 Å². The Hall–Kier alpha value is -1.46. The predicted molar refractivity (Wildman–Crippen MR) is 132 cm³/mol. The first-order valence-corrected chi connectivity index (χ1v) is 14.9. The number of rotatable bonds is 11. The molecule has 4 rings (SSSR count). The third-order valence-electron chi connectivity index (χ3n) is 7.93. The van der Waals surface area contributed by atoms with Crippen LogP contribution in [0.5, 0.6) is 0 Å². The van der Waals surface area contributed by atoms with Crippen molar-refractivity contribution in [3.8, 4) is 0 Å². The molecule has 0 amide bonds. The number of nitrogens with zero attached hydrogens (tertiary/aromatic N) is 4. The molecular weight excluding hydrogens is 493 g/mol. The zero-order valence-corrected chi connectivity index (χ0v) is 21.9. The van der Waals surface area contributed by atoms with E-state index in [0.29, 0.717) is 25.4 Å². The normalized spacial score (nSPS) is 24.8. The Bertz CT molecular complexity index is 929. The lowest BCUT2D eigenvalue weighted by Gasteiger charge is -2.32. The zero-order valence-electron chi connectivity index (χ0n) is 21.1. The van der Waals surface area contributed by atoms with Crippen LogP contribution in [0.3, 0.4) is 0 Å². The van der Waals surface area contributed by atoms with Crippen molar-refractivity contribution in [3.05, 3.63) is 18.0 Å². The number of piperidine rings is 2. The van der Waals surface area contributed by atoms with Crippen LogP contribution in [0.15, 0.2) is 12.4 Å². The summed E-state index contributed by atoms with van der Waals surface area (Å²) in [6, 6.07) is 0. The molecule has 0 radical (unpaired) electrons. The fraction of sp³-hybridized carbons (Fsp3) is 0.840. The molecule has 36 heavy (non-hydrogen) atoms. The molecule has 1 aliphatic carbocycles. The summed E-state index contributed by atoms with van der Waals surface area (Å²) in [6.45, 7) is 6.05. The number of sulfonamides is 1. The van der Waals surface area contributed by atoms with Gasteiger partial charge in [0.1, 0.15) is 0 Å². The van der Waals surface area contributed by atoms with E-state index < -0.39 is 28.4 Å². The fourth-order valence-corrected chi connectivity index (χ4v) is 7.13. The minimum absolute atomic E-state index is 0.267. The second-order valence-electron chi connectivity index (χ2n) is 10.7. The first kappa shape index (κ1) is 27.6. The summed E-state index contributed by atoms with van der Waals surface area (Å²) >= 11 is 0. The van der Waals surface area contributed by atoms with Gasteiger partial charge in [0.25, 0.3) is 0 Å². The highest BCUT2D eigenvalue weighted by atomic mass is 32.2. The van der Waals surface area contributed by atoms with Crippen LogP contribution < -0.4 is 4.90 Å². The van der Waals surface area contributed by atoms with Crippen molar-refractivity contribution in [3.63, 3.8) is 0 Å². The Morgan fingerprint density at radius 3 is 2.31 bits per heavy atom. The van der Waals surface area contributed by atoms with Crippen molar-refractivity contribution < 1.29 is 26.3 Å². The summed E-state index contributed by atoms with van der Waals surface area (Å²) in [7, 11) is -3.85. The van der Waals surface area contributed by atoms with Gasteiger partial charge in [-0.3, -0.25) is 0 Å². The first-order chi connectivity index (χ1) is 17.1. The molecule has 7 nitrogen and oxygen atoms in total. The molecule has 204 valence electrons. The molecule has 0 bridgehead atoms. The van der Waals surface area contributed by atoms with E-state index in [2.05, 4.69) is 21.8 Å². The maximum Gasteiger partial charge on any atom is 0.390 e. The third-order valence-corrected chi connectivity index (χ3v) is 9.80. The minimum Gasteiger partial charge on any atom is -0.381 e. The van der Waals surface area contributed by atoms with E-state index >= 15 is 0 Å². The minimum atomic E-state index is -4.45. The molecule has 2 aliphatic heterocycles. The molecule has 2 saturated heterocycles. The number of halogens is 3. The lowest BCUT2D eigenvalue weighted by molar-refractivity contribution is -0.130. The number of hydrogen-bond donors (Lipinski definition) is 0. The molecule has 2 atom stereocenters. The van der Waals surface area contributed by atoms with Crippen LogP contribution in [0.2, 0.25) is 0 Å². The molecule has 1 saturated carbocycles. The SMILES string of the molecule is CCCc1cnc(N2CCC([C@H]3C[C@H]3COCC3CCN(S(=O)(=O)CCC(F)(F)F)CC3)CC2)nc1. The van der Waals surface area contributed by atoms with Crippen LogP contribution in [0, 0.1) is 23.7 Å². The Morgan fingerprint density at radius 2 is 1.69 bits per heavy atom. The van der Waals surface area contributed by atoms with Gasteiger partial charge in [-0.15, -0.1) is 0 Å². The first-order valence-electron chi connectivity index (χ1n) is 13.3. The Morgan fingerprint density at radius 1 is 1.03 bits per heavy atom. The predicted octanol–water partition coefficient (Wildman–Crippen LogP) is 4.29. The van der Waals surface area contributed by atoms with Gasteiger partial charge in [0.05, 0.1) is 12.2 Å². The summed E-state index contributed by atoms with van der Waals surface area (Å²) in [4.78, 5) is 11.4. The lowest BCUT2D eigenvalue weighted by Crippen LogP contribution is -2.41. The number of aryl methyl sites for hydroxylation is 1. The monoisotopic (exact) mass is 532 g/mol. The Balaban J connectivity index is 1.09. The van der Waals surface area contributed by atoms with Gasteiger partial charge in [0.15, 0.2) is 0 Å². The van der Waals surface area contributed by atoms with Crippen LogP contribution in [0.25, 0.3) is 0 Å². The molecule has 0 spiro atoms. The van der Waals surface area contributed by atoms with Crippen LogP contribution in [-0.4, -0.2) is 74.0 Å². The second kappa shape index (κ2) is 11.9. The summed E-state index contributed by atoms with van der Waals surface area (Å²) in [5.41, 5.74) is 1.19. The molecule has 0 aromatic carbocycles. The largest absolute Gasteiger partial charge is 0.390 e. The summed E-state index contributed by atoms with van der Waals surface area (Å²) < 4.78 is 68.7. The third kappa shape index (κ3) is 7.77. The quantitative estimate of drug-likeness (QED) is 0.423. The molecule has 1 aromatic rings. The van der Waals surface area contributed by atoms with Gasteiger partial charge in [-0.25, -0.2) is 22.7 Å². The van der Waals surface area contributed by atoms with Gasteiger partial charge in [-0.2, -0.15) is 13.2 Å². The fourth-order valence-electron chi connectivity index (χ4n) is 5.61. The van der Waals surface area contributed by atoms with Gasteiger partial charge in [0, 0.05) is 51.8 Å². The molecule has 1 aromatic heterocycles. The van der Waals surface area contributed by atoms with Crippen molar-refractivity contribution in [2.75, 3.05) is 50.0 Å². The lowest BCUT2D eigenvalue weighted by atomic mass is 9.91. The zero-order chi connectivity index (χ0) is 25.8. The van der Waals surface area contributed by atoms with Gasteiger partial charge in [0.2, 0.25) is 16.0 Å². The van der Waals surface area contributed by atoms with Crippen molar-refractivity contribution in [2.24, 2.45) is 23.7 Å². The highest BCUT2D eigenvalue weighted by Gasteiger charge is 2.44. The second-order valence-corrected chi connectivity index (χ2v) is 12.8. The van der Waals surface area contributed by atoms with E-state index in [9.17, 15) is 21.6 Å². The van der Waals surface area contributed by atoms with E-state index in [1.54, 1.807) is 0 Å². The number of anilines is 1. The number of alkyl halides is 3. The smallest absolute Gasteiger partial charge is 0.381 e. The summed E-state index contributed by atoms with van der Waals surface area (Å²) in [5.74, 6) is 2.29. The number of ether oxygens (including phenoxy) is 1. The molecule has 3 aliphatic rings.